The first-order valence-electron chi connectivity index (χ1n) is 8.33. The maximum absolute atomic E-state index is 12.3. The van der Waals surface area contributed by atoms with Gasteiger partial charge >= 0.3 is 0 Å². The molecule has 0 saturated carbocycles. The van der Waals surface area contributed by atoms with Gasteiger partial charge in [-0.2, -0.15) is 0 Å². The molecule has 24 heavy (non-hydrogen) atoms. The van der Waals surface area contributed by atoms with E-state index in [2.05, 4.69) is 10.6 Å². The summed E-state index contributed by atoms with van der Waals surface area (Å²) < 4.78 is 5.32. The Morgan fingerprint density at radius 3 is 2.42 bits per heavy atom. The predicted octanol–water partition coefficient (Wildman–Crippen LogP) is 1.34. The monoisotopic (exact) mass is 341 g/mol. The molecule has 7 heteroatoms. The molecule has 0 radical (unpaired) electrons. The molecule has 138 valence electrons. The number of rotatable bonds is 8. The van der Waals surface area contributed by atoms with Crippen molar-refractivity contribution in [2.75, 3.05) is 26.4 Å². The summed E-state index contributed by atoms with van der Waals surface area (Å²) in [6, 6.07) is 0. The molecular weight excluding hydrogens is 310 g/mol. The normalized spacial score (nSPS) is 17.6. The minimum Gasteiger partial charge on any atom is -0.494 e. The van der Waals surface area contributed by atoms with Crippen LogP contribution in [0.2, 0.25) is 0 Å². The molecule has 1 aliphatic rings. The summed E-state index contributed by atoms with van der Waals surface area (Å²) in [6.45, 7) is 8.86. The van der Waals surface area contributed by atoms with Crippen LogP contribution >= 0.6 is 0 Å². The number of amides is 1. The molecule has 0 aromatic heterocycles. The van der Waals surface area contributed by atoms with Crippen molar-refractivity contribution < 1.29 is 19.7 Å². The highest BCUT2D eigenvalue weighted by atomic mass is 16.5. The first-order valence-corrected chi connectivity index (χ1v) is 8.33. The number of carbonyl (C=O) groups excluding carboxylic acids is 1. The molecule has 0 bridgehead atoms. The van der Waals surface area contributed by atoms with E-state index in [9.17, 15) is 15.0 Å². The fraction of sp³-hybridized carbons (Fsp3) is 0.765. The summed E-state index contributed by atoms with van der Waals surface area (Å²) in [5.41, 5.74) is -1.60. The van der Waals surface area contributed by atoms with E-state index in [-0.39, 0.29) is 18.2 Å². The second-order valence-corrected chi connectivity index (χ2v) is 7.50. The van der Waals surface area contributed by atoms with Crippen LogP contribution in [0.3, 0.4) is 0 Å². The first-order chi connectivity index (χ1) is 11.1. The third-order valence-electron chi connectivity index (χ3n) is 4.39. The summed E-state index contributed by atoms with van der Waals surface area (Å²) in [4.78, 5) is 12.3. The molecule has 1 rings (SSSR count). The summed E-state index contributed by atoms with van der Waals surface area (Å²) in [5.74, 6) is -0.293. The number of nitrogens with one attached hydrogen (secondary N) is 3. The lowest BCUT2D eigenvalue weighted by molar-refractivity contribution is -0.126. The largest absolute Gasteiger partial charge is 0.494 e. The van der Waals surface area contributed by atoms with Gasteiger partial charge in [0.1, 0.15) is 0 Å². The van der Waals surface area contributed by atoms with Crippen LogP contribution in [0.5, 0.6) is 0 Å². The molecule has 0 spiro atoms. The molecule has 0 atom stereocenters. The number of hydrogen-bond donors (Lipinski definition) is 5. The Hall–Kier alpha value is -1.44. The Balaban J connectivity index is 2.55. The third-order valence-corrected chi connectivity index (χ3v) is 4.39. The van der Waals surface area contributed by atoms with Gasteiger partial charge in [-0.25, -0.2) is 0 Å². The number of ether oxygens (including phenoxy) is 1. The summed E-state index contributed by atoms with van der Waals surface area (Å²) >= 11 is 0. The van der Waals surface area contributed by atoms with Crippen LogP contribution < -0.4 is 10.6 Å². The van der Waals surface area contributed by atoms with Crippen molar-refractivity contribution >= 4 is 11.6 Å². The van der Waals surface area contributed by atoms with Gasteiger partial charge in [0, 0.05) is 30.4 Å². The smallest absolute Gasteiger partial charge is 0.246 e. The van der Waals surface area contributed by atoms with Crippen LogP contribution in [0.1, 0.15) is 40.5 Å². The number of hydrogen-bond acceptors (Lipinski definition) is 6. The number of carbonyl (C=O) groups is 1. The quantitative estimate of drug-likeness (QED) is 0.337. The van der Waals surface area contributed by atoms with E-state index >= 15 is 0 Å². The molecule has 5 N–H and O–H groups in total. The lowest BCUT2D eigenvalue weighted by Crippen LogP contribution is -2.53. The zero-order valence-electron chi connectivity index (χ0n) is 15.1. The van der Waals surface area contributed by atoms with Gasteiger partial charge in [0.25, 0.3) is 0 Å². The zero-order chi connectivity index (χ0) is 18.4. The molecule has 1 aliphatic heterocycles. The Morgan fingerprint density at radius 2 is 1.88 bits per heavy atom. The fourth-order valence-corrected chi connectivity index (χ4v) is 2.16. The van der Waals surface area contributed by atoms with Crippen molar-refractivity contribution in [3.63, 3.8) is 0 Å². The molecule has 0 aromatic carbocycles. The second-order valence-electron chi connectivity index (χ2n) is 7.50. The summed E-state index contributed by atoms with van der Waals surface area (Å²) in [7, 11) is 0. The van der Waals surface area contributed by atoms with E-state index in [1.54, 1.807) is 27.7 Å². The zero-order valence-corrected chi connectivity index (χ0v) is 15.1. The van der Waals surface area contributed by atoms with Gasteiger partial charge in [-0.05, 0) is 39.2 Å². The van der Waals surface area contributed by atoms with E-state index in [1.165, 1.54) is 0 Å². The van der Waals surface area contributed by atoms with Crippen molar-refractivity contribution in [3.05, 3.63) is 12.0 Å². The second kappa shape index (κ2) is 8.60. The number of aliphatic hydroxyl groups is 2. The van der Waals surface area contributed by atoms with Crippen LogP contribution in [0.25, 0.3) is 0 Å². The van der Waals surface area contributed by atoms with Gasteiger partial charge < -0.3 is 25.7 Å². The molecule has 7 nitrogen and oxygen atoms in total. The minimum absolute atomic E-state index is 0.0378. The summed E-state index contributed by atoms with van der Waals surface area (Å²) in [6.07, 6.45) is 3.11. The van der Waals surface area contributed by atoms with Crippen LogP contribution in [0, 0.1) is 16.7 Å². The lowest BCUT2D eigenvalue weighted by Gasteiger charge is -2.29. The number of aliphatic hydroxyl groups excluding tert-OH is 2. The Labute approximate surface area is 144 Å². The number of allylic oxidation sites excluding steroid dienone is 1. The molecule has 1 fully saturated rings. The van der Waals surface area contributed by atoms with Gasteiger partial charge in [0.2, 0.25) is 5.91 Å². The highest BCUT2D eigenvalue weighted by Crippen LogP contribution is 2.17. The highest BCUT2D eigenvalue weighted by Gasteiger charge is 2.29. The van der Waals surface area contributed by atoms with Crippen molar-refractivity contribution in [2.45, 2.75) is 46.1 Å². The molecular formula is C17H31N3O4. The van der Waals surface area contributed by atoms with E-state index < -0.39 is 16.8 Å². The van der Waals surface area contributed by atoms with Crippen LogP contribution in [0.15, 0.2) is 12.0 Å². The van der Waals surface area contributed by atoms with Crippen molar-refractivity contribution in [3.8, 4) is 0 Å². The van der Waals surface area contributed by atoms with E-state index in [0.717, 1.165) is 32.1 Å². The third kappa shape index (κ3) is 6.22. The van der Waals surface area contributed by atoms with Gasteiger partial charge in [0.05, 0.1) is 12.1 Å². The molecule has 1 saturated heterocycles. The Bertz CT molecular complexity index is 480. The standard InChI is InChI=1S/C17H31N3O4/c1-16(2,11-21)13(18)9-14(22)20-15(23)17(3,4)19-10-12-5-7-24-8-6-12/h9,12,18-19,21-22H,5-8,10-11H2,1-4H3,(H,20,23)/b14-9-,18-13?. The highest BCUT2D eigenvalue weighted by molar-refractivity contribution is 5.97. The molecule has 0 aliphatic carbocycles. The van der Waals surface area contributed by atoms with Crippen molar-refractivity contribution in [2.24, 2.45) is 11.3 Å². The van der Waals surface area contributed by atoms with Crippen molar-refractivity contribution in [1.82, 2.24) is 10.6 Å². The van der Waals surface area contributed by atoms with Crippen LogP contribution in [-0.2, 0) is 9.53 Å². The van der Waals surface area contributed by atoms with Gasteiger partial charge in [-0.1, -0.05) is 13.8 Å². The SMILES string of the molecule is CC(C)(CO)C(=N)/C=C(\O)NC(=O)C(C)(C)NCC1CCOCC1. The van der Waals surface area contributed by atoms with E-state index in [0.29, 0.717) is 12.5 Å². The van der Waals surface area contributed by atoms with Crippen molar-refractivity contribution in [1.29, 1.82) is 5.41 Å². The maximum Gasteiger partial charge on any atom is 0.246 e. The fourth-order valence-electron chi connectivity index (χ4n) is 2.16. The van der Waals surface area contributed by atoms with E-state index in [4.69, 9.17) is 10.1 Å². The topological polar surface area (TPSA) is 115 Å². The maximum atomic E-state index is 12.3. The van der Waals surface area contributed by atoms with Gasteiger partial charge in [-0.3, -0.25) is 10.1 Å². The van der Waals surface area contributed by atoms with Gasteiger partial charge in [0.15, 0.2) is 5.88 Å². The average molecular weight is 341 g/mol. The molecule has 0 aromatic rings. The Kier molecular flexibility index (Phi) is 7.38. The molecule has 0 unspecified atom stereocenters. The lowest BCUT2D eigenvalue weighted by atomic mass is 9.88. The minimum atomic E-state index is -0.852. The van der Waals surface area contributed by atoms with Crippen LogP contribution in [-0.4, -0.2) is 53.7 Å². The van der Waals surface area contributed by atoms with Gasteiger partial charge in [-0.15, -0.1) is 0 Å². The molecule has 1 heterocycles. The van der Waals surface area contributed by atoms with E-state index in [1.807, 2.05) is 0 Å². The van der Waals surface area contributed by atoms with Crippen LogP contribution in [0.4, 0.5) is 0 Å². The summed E-state index contributed by atoms with van der Waals surface area (Å²) in [5, 5.41) is 32.6. The average Bonchev–Trinajstić information content (AvgIpc) is 2.53. The predicted molar refractivity (Wildman–Crippen MR) is 93.1 cm³/mol. The Morgan fingerprint density at radius 1 is 1.29 bits per heavy atom. The molecule has 1 amide bonds. The first kappa shape index (κ1) is 20.6.